The first-order valence-electron chi connectivity index (χ1n) is 10.5. The van der Waals surface area contributed by atoms with Gasteiger partial charge in [0.15, 0.2) is 0 Å². The first kappa shape index (κ1) is 22.7. The molecule has 170 valence electrons. The number of halogens is 1. The highest BCUT2D eigenvalue weighted by Crippen LogP contribution is 2.25. The zero-order chi connectivity index (χ0) is 22.0. The van der Waals surface area contributed by atoms with Crippen LogP contribution in [0.15, 0.2) is 17.5 Å². The van der Waals surface area contributed by atoms with Crippen molar-refractivity contribution in [1.82, 2.24) is 19.8 Å². The van der Waals surface area contributed by atoms with Gasteiger partial charge in [0.2, 0.25) is 21.8 Å². The summed E-state index contributed by atoms with van der Waals surface area (Å²) in [4.78, 5) is 29.8. The summed E-state index contributed by atoms with van der Waals surface area (Å²) in [5.41, 5.74) is 0. The zero-order valence-electron chi connectivity index (χ0n) is 17.1. The molecular weight excluding hydrogens is 460 g/mol. The van der Waals surface area contributed by atoms with Crippen LogP contribution in [0.5, 0.6) is 0 Å². The Morgan fingerprint density at radius 1 is 1.29 bits per heavy atom. The summed E-state index contributed by atoms with van der Waals surface area (Å²) in [6.45, 7) is 3.77. The SMILES string of the molecule is O=C(CN1CCC[C@H](NS(=O)(=O)/C=C/c2ccc(Cl)s2)C1=O)N1CC2CNCC(C2)C1. The molecule has 3 fully saturated rings. The molecule has 1 aromatic rings. The minimum Gasteiger partial charge on any atom is -0.341 e. The van der Waals surface area contributed by atoms with Crippen molar-refractivity contribution >= 4 is 50.9 Å². The zero-order valence-corrected chi connectivity index (χ0v) is 19.5. The summed E-state index contributed by atoms with van der Waals surface area (Å²) >= 11 is 7.13. The number of sulfonamides is 1. The molecule has 3 saturated heterocycles. The first-order chi connectivity index (χ1) is 14.8. The van der Waals surface area contributed by atoms with Crippen LogP contribution in [0, 0.1) is 11.8 Å². The van der Waals surface area contributed by atoms with Crippen molar-refractivity contribution in [3.63, 3.8) is 0 Å². The summed E-state index contributed by atoms with van der Waals surface area (Å²) < 4.78 is 27.9. The maximum absolute atomic E-state index is 12.9. The molecule has 0 spiro atoms. The van der Waals surface area contributed by atoms with E-state index in [1.165, 1.54) is 22.3 Å². The molecule has 2 unspecified atom stereocenters. The Morgan fingerprint density at radius 2 is 2.03 bits per heavy atom. The van der Waals surface area contributed by atoms with Crippen LogP contribution in [0.1, 0.15) is 24.1 Å². The van der Waals surface area contributed by atoms with Crippen molar-refractivity contribution in [2.45, 2.75) is 25.3 Å². The number of amides is 2. The fourth-order valence-corrected chi connectivity index (χ4v) is 6.66. The number of nitrogens with zero attached hydrogens (tertiary/aromatic N) is 2. The number of rotatable bonds is 6. The number of piperidine rings is 3. The molecule has 0 radical (unpaired) electrons. The van der Waals surface area contributed by atoms with Crippen LogP contribution in [0.2, 0.25) is 4.34 Å². The fraction of sp³-hybridized carbons (Fsp3) is 0.600. The van der Waals surface area contributed by atoms with Crippen LogP contribution in [0.4, 0.5) is 0 Å². The van der Waals surface area contributed by atoms with Gasteiger partial charge in [-0.3, -0.25) is 9.59 Å². The van der Waals surface area contributed by atoms with Crippen LogP contribution in [0.25, 0.3) is 6.08 Å². The van der Waals surface area contributed by atoms with Gasteiger partial charge in [0.1, 0.15) is 6.04 Å². The molecule has 3 atom stereocenters. The molecule has 4 rings (SSSR count). The third-order valence-corrected chi connectivity index (χ3v) is 8.32. The number of hydrogen-bond donors (Lipinski definition) is 2. The van der Waals surface area contributed by atoms with E-state index in [0.29, 0.717) is 40.4 Å². The first-order valence-corrected chi connectivity index (χ1v) is 13.3. The summed E-state index contributed by atoms with van der Waals surface area (Å²) in [5.74, 6) is 0.550. The average Bonchev–Trinajstić information content (AvgIpc) is 3.14. The van der Waals surface area contributed by atoms with E-state index in [0.717, 1.165) is 38.0 Å². The quantitative estimate of drug-likeness (QED) is 0.632. The third-order valence-electron chi connectivity index (χ3n) is 6.01. The van der Waals surface area contributed by atoms with Crippen molar-refractivity contribution in [3.05, 3.63) is 26.8 Å². The Labute approximate surface area is 191 Å². The molecule has 11 heteroatoms. The van der Waals surface area contributed by atoms with E-state index < -0.39 is 16.1 Å². The molecule has 1 aromatic heterocycles. The molecule has 31 heavy (non-hydrogen) atoms. The molecule has 0 saturated carbocycles. The number of hydrogen-bond acceptors (Lipinski definition) is 6. The number of fused-ring (bicyclic) bond motifs is 2. The summed E-state index contributed by atoms with van der Waals surface area (Å²) in [5, 5.41) is 4.45. The molecule has 2 amide bonds. The maximum atomic E-state index is 12.9. The van der Waals surface area contributed by atoms with E-state index in [1.807, 2.05) is 4.90 Å². The summed E-state index contributed by atoms with van der Waals surface area (Å²) in [6.07, 6.45) is 3.66. The highest BCUT2D eigenvalue weighted by atomic mass is 35.5. The van der Waals surface area contributed by atoms with Gasteiger partial charge in [0.05, 0.1) is 10.9 Å². The second-order valence-corrected chi connectivity index (χ2v) is 11.8. The number of thiophene rings is 1. The van der Waals surface area contributed by atoms with Crippen LogP contribution in [-0.4, -0.2) is 75.3 Å². The predicted octanol–water partition coefficient (Wildman–Crippen LogP) is 1.35. The monoisotopic (exact) mass is 486 g/mol. The molecule has 3 aliphatic heterocycles. The average molecular weight is 487 g/mol. The van der Waals surface area contributed by atoms with Gasteiger partial charge >= 0.3 is 0 Å². The number of carbonyl (C=O) groups is 2. The predicted molar refractivity (Wildman–Crippen MR) is 121 cm³/mol. The number of nitrogens with one attached hydrogen (secondary N) is 2. The lowest BCUT2D eigenvalue weighted by Gasteiger charge is -2.42. The van der Waals surface area contributed by atoms with Gasteiger partial charge < -0.3 is 15.1 Å². The lowest BCUT2D eigenvalue weighted by molar-refractivity contribution is -0.144. The highest BCUT2D eigenvalue weighted by molar-refractivity contribution is 7.92. The Bertz CT molecular complexity index is 952. The van der Waals surface area contributed by atoms with Gasteiger partial charge in [0, 0.05) is 29.9 Å². The molecule has 0 aromatic carbocycles. The van der Waals surface area contributed by atoms with Crippen molar-refractivity contribution < 1.29 is 18.0 Å². The van der Waals surface area contributed by atoms with Crippen molar-refractivity contribution in [1.29, 1.82) is 0 Å². The number of likely N-dealkylation sites (tertiary alicyclic amines) is 2. The fourth-order valence-electron chi connectivity index (χ4n) is 4.59. The van der Waals surface area contributed by atoms with Gasteiger partial charge in [0.25, 0.3) is 0 Å². The maximum Gasteiger partial charge on any atom is 0.242 e. The summed E-state index contributed by atoms with van der Waals surface area (Å²) in [6, 6.07) is 2.56. The second kappa shape index (κ2) is 9.58. The minimum atomic E-state index is -3.80. The van der Waals surface area contributed by atoms with Crippen LogP contribution >= 0.6 is 22.9 Å². The molecule has 3 aliphatic rings. The van der Waals surface area contributed by atoms with Gasteiger partial charge in [-0.15, -0.1) is 11.3 Å². The van der Waals surface area contributed by atoms with E-state index in [9.17, 15) is 18.0 Å². The van der Waals surface area contributed by atoms with Crippen molar-refractivity contribution in [3.8, 4) is 0 Å². The second-order valence-electron chi connectivity index (χ2n) is 8.49. The van der Waals surface area contributed by atoms with Crippen LogP contribution < -0.4 is 10.0 Å². The Morgan fingerprint density at radius 3 is 2.71 bits per heavy atom. The van der Waals surface area contributed by atoms with E-state index in [2.05, 4.69) is 10.0 Å². The summed E-state index contributed by atoms with van der Waals surface area (Å²) in [7, 11) is -3.80. The molecule has 8 nitrogen and oxygen atoms in total. The Kier molecular flexibility index (Phi) is 7.02. The molecule has 2 bridgehead atoms. The van der Waals surface area contributed by atoms with Crippen molar-refractivity contribution in [2.24, 2.45) is 11.8 Å². The topological polar surface area (TPSA) is 98.8 Å². The largest absolute Gasteiger partial charge is 0.341 e. The van der Waals surface area contributed by atoms with E-state index in [-0.39, 0.29) is 18.4 Å². The smallest absolute Gasteiger partial charge is 0.242 e. The molecule has 4 heterocycles. The van der Waals surface area contributed by atoms with E-state index >= 15 is 0 Å². The molecule has 2 N–H and O–H groups in total. The highest BCUT2D eigenvalue weighted by Gasteiger charge is 2.36. The number of carbonyl (C=O) groups excluding carboxylic acids is 2. The normalized spacial score (nSPS) is 27.1. The molecular formula is C20H27ClN4O4S2. The van der Waals surface area contributed by atoms with Crippen LogP contribution in [0.3, 0.4) is 0 Å². The lowest BCUT2D eigenvalue weighted by atomic mass is 9.86. The Balaban J connectivity index is 1.34. The van der Waals surface area contributed by atoms with Gasteiger partial charge in [-0.05, 0) is 62.4 Å². The van der Waals surface area contributed by atoms with Crippen molar-refractivity contribution in [2.75, 3.05) is 39.3 Å². The van der Waals surface area contributed by atoms with Crippen LogP contribution in [-0.2, 0) is 19.6 Å². The Hall–Kier alpha value is -1.46. The van der Waals surface area contributed by atoms with Gasteiger partial charge in [-0.25, -0.2) is 8.42 Å². The standard InChI is InChI=1S/C20H27ClN4O4S2/c21-18-4-3-16(30-18)5-7-31(28,29)23-17-2-1-6-24(20(17)27)13-19(26)25-11-14-8-15(12-25)10-22-9-14/h3-5,7,14-15,17,22-23H,1-2,6,8-13H2/b7-5+/t14?,15?,17-/m0/s1. The van der Waals surface area contributed by atoms with E-state index in [4.69, 9.17) is 11.6 Å². The van der Waals surface area contributed by atoms with E-state index in [1.54, 1.807) is 12.1 Å². The third kappa shape index (κ3) is 5.87. The van der Waals surface area contributed by atoms with Gasteiger partial charge in [-0.1, -0.05) is 11.6 Å². The van der Waals surface area contributed by atoms with Gasteiger partial charge in [-0.2, -0.15) is 4.72 Å². The minimum absolute atomic E-state index is 0.00740. The molecule has 0 aliphatic carbocycles. The lowest BCUT2D eigenvalue weighted by Crippen LogP contribution is -2.57.